The van der Waals surface area contributed by atoms with Crippen LogP contribution in [0.4, 0.5) is 0 Å². The first-order chi connectivity index (χ1) is 7.96. The summed E-state index contributed by atoms with van der Waals surface area (Å²) in [6.07, 6.45) is 0. The highest BCUT2D eigenvalue weighted by molar-refractivity contribution is 9.09. The number of hydrogen-bond acceptors (Lipinski definition) is 2. The molecule has 0 fully saturated rings. The molecule has 17 heavy (non-hydrogen) atoms. The summed E-state index contributed by atoms with van der Waals surface area (Å²) < 4.78 is 5.94. The van der Waals surface area contributed by atoms with Crippen LogP contribution in [-0.2, 0) is 4.43 Å². The fraction of sp³-hybridized carbons (Fsp3) is 0.462. The van der Waals surface area contributed by atoms with Gasteiger partial charge in [0.25, 0.3) is 0 Å². The lowest BCUT2D eigenvalue weighted by atomic mass is 10.0. The molecule has 0 aliphatic carbocycles. The van der Waals surface area contributed by atoms with Crippen LogP contribution in [0, 0.1) is 11.3 Å². The van der Waals surface area contributed by atoms with E-state index in [1.165, 1.54) is 5.56 Å². The number of rotatable bonds is 5. The SMILES string of the molecule is C[Si](C)(C)OC[C@H](CBr)c1ccc(C#N)cc1. The zero-order valence-corrected chi connectivity index (χ0v) is 13.1. The quantitative estimate of drug-likeness (QED) is 0.610. The van der Waals surface area contributed by atoms with Crippen molar-refractivity contribution in [2.45, 2.75) is 25.6 Å². The van der Waals surface area contributed by atoms with E-state index in [4.69, 9.17) is 9.69 Å². The second kappa shape index (κ2) is 6.34. The normalized spacial score (nSPS) is 13.1. The van der Waals surface area contributed by atoms with Crippen molar-refractivity contribution in [3.05, 3.63) is 35.4 Å². The molecule has 0 saturated carbocycles. The number of nitrogens with zero attached hydrogens (tertiary/aromatic N) is 1. The fourth-order valence-electron chi connectivity index (χ4n) is 1.41. The summed E-state index contributed by atoms with van der Waals surface area (Å²) in [5.74, 6) is 0.356. The van der Waals surface area contributed by atoms with Gasteiger partial charge in [0, 0.05) is 17.9 Å². The fourth-order valence-corrected chi connectivity index (χ4v) is 2.67. The Morgan fingerprint density at radius 1 is 1.29 bits per heavy atom. The molecule has 0 bridgehead atoms. The largest absolute Gasteiger partial charge is 0.417 e. The van der Waals surface area contributed by atoms with Gasteiger partial charge in [-0.2, -0.15) is 5.26 Å². The maximum Gasteiger partial charge on any atom is 0.183 e. The van der Waals surface area contributed by atoms with E-state index in [2.05, 4.69) is 41.6 Å². The van der Waals surface area contributed by atoms with Crippen LogP contribution in [0.1, 0.15) is 17.0 Å². The number of hydrogen-bond donors (Lipinski definition) is 0. The van der Waals surface area contributed by atoms with E-state index in [-0.39, 0.29) is 0 Å². The second-order valence-corrected chi connectivity index (χ2v) is 10.2. The molecule has 0 heterocycles. The maximum atomic E-state index is 8.76. The number of halogens is 1. The Bertz CT molecular complexity index is 391. The third-order valence-corrected chi connectivity index (χ3v) is 4.23. The molecule has 0 spiro atoms. The van der Waals surface area contributed by atoms with Gasteiger partial charge in [-0.3, -0.25) is 0 Å². The van der Waals surface area contributed by atoms with Crippen LogP contribution in [0.15, 0.2) is 24.3 Å². The van der Waals surface area contributed by atoms with E-state index < -0.39 is 8.32 Å². The van der Waals surface area contributed by atoms with Gasteiger partial charge in [0.1, 0.15) is 0 Å². The minimum atomic E-state index is -1.46. The summed E-state index contributed by atoms with van der Waals surface area (Å²) in [5, 5.41) is 9.63. The minimum absolute atomic E-state index is 0.356. The molecule has 0 aliphatic rings. The Hall–Kier alpha value is -0.633. The smallest absolute Gasteiger partial charge is 0.183 e. The van der Waals surface area contributed by atoms with Crippen molar-refractivity contribution in [2.75, 3.05) is 11.9 Å². The zero-order valence-electron chi connectivity index (χ0n) is 10.5. The summed E-state index contributed by atoms with van der Waals surface area (Å²) in [5.41, 5.74) is 1.92. The molecule has 0 radical (unpaired) electrons. The molecule has 1 aromatic carbocycles. The standard InChI is InChI=1S/C13H18BrNOSi/c1-17(2,3)16-10-13(8-14)12-6-4-11(9-15)5-7-12/h4-7,13H,8,10H2,1-3H3/t13-/m0/s1. The molecule has 92 valence electrons. The first-order valence-electron chi connectivity index (χ1n) is 5.66. The van der Waals surface area contributed by atoms with Crippen molar-refractivity contribution < 1.29 is 4.43 Å². The summed E-state index contributed by atoms with van der Waals surface area (Å²) >= 11 is 3.53. The average molecular weight is 312 g/mol. The molecule has 0 N–H and O–H groups in total. The summed E-state index contributed by atoms with van der Waals surface area (Å²) in [7, 11) is -1.46. The molecular formula is C13H18BrNOSi. The van der Waals surface area contributed by atoms with Gasteiger partial charge in [-0.25, -0.2) is 0 Å². The van der Waals surface area contributed by atoms with Crippen molar-refractivity contribution in [1.82, 2.24) is 0 Å². The monoisotopic (exact) mass is 311 g/mol. The van der Waals surface area contributed by atoms with E-state index >= 15 is 0 Å². The highest BCUT2D eigenvalue weighted by Gasteiger charge is 2.18. The Morgan fingerprint density at radius 2 is 1.88 bits per heavy atom. The summed E-state index contributed by atoms with van der Waals surface area (Å²) in [6.45, 7) is 7.32. The number of benzene rings is 1. The van der Waals surface area contributed by atoms with Gasteiger partial charge in [-0.15, -0.1) is 0 Å². The first kappa shape index (κ1) is 14.4. The molecule has 0 saturated heterocycles. The maximum absolute atomic E-state index is 8.76. The van der Waals surface area contributed by atoms with Crippen LogP contribution < -0.4 is 0 Å². The molecule has 0 unspecified atom stereocenters. The van der Waals surface area contributed by atoms with Crippen LogP contribution in [-0.4, -0.2) is 20.3 Å². The molecular weight excluding hydrogens is 294 g/mol. The van der Waals surface area contributed by atoms with Gasteiger partial charge in [-0.1, -0.05) is 28.1 Å². The van der Waals surface area contributed by atoms with Gasteiger partial charge < -0.3 is 4.43 Å². The molecule has 1 rings (SSSR count). The lowest BCUT2D eigenvalue weighted by Gasteiger charge is -2.22. The average Bonchev–Trinajstić information content (AvgIpc) is 2.29. The molecule has 1 atom stereocenters. The third-order valence-electron chi connectivity index (χ3n) is 2.41. The zero-order chi connectivity index (χ0) is 12.9. The topological polar surface area (TPSA) is 33.0 Å². The lowest BCUT2D eigenvalue weighted by molar-refractivity contribution is 0.292. The molecule has 2 nitrogen and oxygen atoms in total. The number of alkyl halides is 1. The molecule has 4 heteroatoms. The lowest BCUT2D eigenvalue weighted by Crippen LogP contribution is -2.28. The molecule has 1 aromatic rings. The first-order valence-corrected chi connectivity index (χ1v) is 10.2. The Kier molecular flexibility index (Phi) is 5.38. The van der Waals surface area contributed by atoms with E-state index in [1.807, 2.05) is 24.3 Å². The molecule has 0 aromatic heterocycles. The minimum Gasteiger partial charge on any atom is -0.417 e. The van der Waals surface area contributed by atoms with Gasteiger partial charge in [0.15, 0.2) is 8.32 Å². The van der Waals surface area contributed by atoms with Crippen LogP contribution in [0.25, 0.3) is 0 Å². The van der Waals surface area contributed by atoms with Crippen molar-refractivity contribution in [3.8, 4) is 6.07 Å². The van der Waals surface area contributed by atoms with E-state index in [0.717, 1.165) is 11.9 Å². The van der Waals surface area contributed by atoms with Crippen molar-refractivity contribution in [2.24, 2.45) is 0 Å². The second-order valence-electron chi connectivity index (χ2n) is 5.01. The van der Waals surface area contributed by atoms with Crippen LogP contribution in [0.3, 0.4) is 0 Å². The van der Waals surface area contributed by atoms with Crippen molar-refractivity contribution >= 4 is 24.2 Å². The van der Waals surface area contributed by atoms with Gasteiger partial charge in [-0.05, 0) is 37.3 Å². The highest BCUT2D eigenvalue weighted by atomic mass is 79.9. The number of nitriles is 1. The Balaban J connectivity index is 2.70. The Labute approximate surface area is 113 Å². The van der Waals surface area contributed by atoms with E-state index in [0.29, 0.717) is 11.5 Å². The van der Waals surface area contributed by atoms with E-state index in [9.17, 15) is 0 Å². The summed E-state index contributed by atoms with van der Waals surface area (Å²) in [4.78, 5) is 0. The van der Waals surface area contributed by atoms with Crippen molar-refractivity contribution in [1.29, 1.82) is 5.26 Å². The van der Waals surface area contributed by atoms with Crippen molar-refractivity contribution in [3.63, 3.8) is 0 Å². The van der Waals surface area contributed by atoms with E-state index in [1.54, 1.807) is 0 Å². The van der Waals surface area contributed by atoms with Gasteiger partial charge in [0.05, 0.1) is 11.6 Å². The third kappa shape index (κ3) is 5.03. The molecule has 0 amide bonds. The summed E-state index contributed by atoms with van der Waals surface area (Å²) in [6, 6.07) is 9.88. The van der Waals surface area contributed by atoms with Gasteiger partial charge >= 0.3 is 0 Å². The van der Waals surface area contributed by atoms with Crippen LogP contribution >= 0.6 is 15.9 Å². The van der Waals surface area contributed by atoms with Crippen LogP contribution in [0.5, 0.6) is 0 Å². The molecule has 0 aliphatic heterocycles. The predicted octanol–water partition coefficient (Wildman–Crippen LogP) is 3.89. The Morgan fingerprint density at radius 3 is 2.29 bits per heavy atom. The van der Waals surface area contributed by atoms with Crippen LogP contribution in [0.2, 0.25) is 19.6 Å². The van der Waals surface area contributed by atoms with Gasteiger partial charge in [0.2, 0.25) is 0 Å². The highest BCUT2D eigenvalue weighted by Crippen LogP contribution is 2.21. The predicted molar refractivity (Wildman–Crippen MR) is 77.0 cm³/mol.